The molecule has 6 aromatic rings. The van der Waals surface area contributed by atoms with Crippen molar-refractivity contribution in [1.29, 1.82) is 0 Å². The van der Waals surface area contributed by atoms with Crippen molar-refractivity contribution in [2.45, 2.75) is 5.41 Å². The van der Waals surface area contributed by atoms with Crippen molar-refractivity contribution in [3.63, 3.8) is 0 Å². The lowest BCUT2D eigenvalue weighted by molar-refractivity contribution is 0.795. The van der Waals surface area contributed by atoms with Gasteiger partial charge in [0.05, 0.1) is 5.41 Å². The normalized spacial score (nSPS) is 16.6. The van der Waals surface area contributed by atoms with Gasteiger partial charge in [0, 0.05) is 0 Å². The second-order valence-electron chi connectivity index (χ2n) is 10.1. The van der Waals surface area contributed by atoms with E-state index in [1.54, 1.807) is 0 Å². The monoisotopic (exact) mass is 454 g/mol. The lowest BCUT2D eigenvalue weighted by atomic mass is 9.69. The SMILES string of the molecule is Bc1cc2c(c3ccccc13)-c1ccccc1C21c2ccccc2-c2ccc(-c3ccccc3)cc21. The third kappa shape index (κ3) is 2.35. The first-order valence-corrected chi connectivity index (χ1v) is 12.7. The fourth-order valence-corrected chi connectivity index (χ4v) is 6.99. The molecule has 0 fully saturated rings. The van der Waals surface area contributed by atoms with Crippen LogP contribution in [-0.4, -0.2) is 7.85 Å². The minimum atomic E-state index is -0.322. The number of rotatable bonds is 1. The molecular formula is C35H23B. The highest BCUT2D eigenvalue weighted by Gasteiger charge is 2.52. The molecule has 1 spiro atoms. The van der Waals surface area contributed by atoms with Gasteiger partial charge in [0.1, 0.15) is 7.85 Å². The predicted molar refractivity (Wildman–Crippen MR) is 154 cm³/mol. The maximum Gasteiger partial charge on any atom is 0.140 e. The van der Waals surface area contributed by atoms with Crippen LogP contribution in [0.2, 0.25) is 0 Å². The summed E-state index contributed by atoms with van der Waals surface area (Å²) in [5.74, 6) is 0. The molecule has 0 aromatic heterocycles. The molecule has 0 aliphatic heterocycles. The van der Waals surface area contributed by atoms with Crippen LogP contribution >= 0.6 is 0 Å². The summed E-state index contributed by atoms with van der Waals surface area (Å²) in [5, 5.41) is 2.69. The number of hydrogen-bond acceptors (Lipinski definition) is 0. The van der Waals surface area contributed by atoms with Gasteiger partial charge in [-0.05, 0) is 72.5 Å². The second kappa shape index (κ2) is 7.09. The van der Waals surface area contributed by atoms with Crippen LogP contribution in [0.4, 0.5) is 0 Å². The highest BCUT2D eigenvalue weighted by Crippen LogP contribution is 2.63. The first kappa shape index (κ1) is 19.9. The average Bonchev–Trinajstić information content (AvgIpc) is 3.40. The topological polar surface area (TPSA) is 0 Å². The molecule has 2 aliphatic carbocycles. The standard InChI is InChI=1S/C35H23B/c36-33-21-32-34(27-14-5-4-13-26(27)33)28-15-7-9-17-30(28)35(32)29-16-8-6-12-24(29)25-19-18-23(20-31(25)35)22-10-2-1-3-11-22/h1-21H,36H2. The smallest absolute Gasteiger partial charge is 0.0809 e. The molecule has 6 aromatic carbocycles. The Hall–Kier alpha value is -4.36. The zero-order valence-corrected chi connectivity index (χ0v) is 20.1. The summed E-state index contributed by atoms with van der Waals surface area (Å²) in [6, 6.07) is 47.4. The van der Waals surface area contributed by atoms with E-state index in [0.29, 0.717) is 0 Å². The van der Waals surface area contributed by atoms with Crippen LogP contribution in [0.25, 0.3) is 44.2 Å². The van der Waals surface area contributed by atoms with Gasteiger partial charge in [-0.15, -0.1) is 0 Å². The maximum atomic E-state index is 2.47. The van der Waals surface area contributed by atoms with Gasteiger partial charge in [-0.2, -0.15) is 0 Å². The first-order valence-electron chi connectivity index (χ1n) is 12.7. The summed E-state index contributed by atoms with van der Waals surface area (Å²) in [4.78, 5) is 0. The second-order valence-corrected chi connectivity index (χ2v) is 10.1. The summed E-state index contributed by atoms with van der Waals surface area (Å²) in [7, 11) is 2.27. The predicted octanol–water partition coefficient (Wildman–Crippen LogP) is 7.11. The van der Waals surface area contributed by atoms with E-state index in [-0.39, 0.29) is 5.41 Å². The molecule has 1 heteroatoms. The summed E-state index contributed by atoms with van der Waals surface area (Å²) >= 11 is 0. The van der Waals surface area contributed by atoms with Crippen molar-refractivity contribution in [2.24, 2.45) is 0 Å². The minimum Gasteiger partial charge on any atom is -0.0809 e. The molecule has 36 heavy (non-hydrogen) atoms. The fourth-order valence-electron chi connectivity index (χ4n) is 6.99. The molecule has 0 amide bonds. The van der Waals surface area contributed by atoms with Crippen molar-refractivity contribution in [3.05, 3.63) is 150 Å². The van der Waals surface area contributed by atoms with Gasteiger partial charge < -0.3 is 0 Å². The Morgan fingerprint density at radius 3 is 1.83 bits per heavy atom. The van der Waals surface area contributed by atoms with Crippen molar-refractivity contribution in [2.75, 3.05) is 0 Å². The van der Waals surface area contributed by atoms with Crippen molar-refractivity contribution >= 4 is 24.1 Å². The van der Waals surface area contributed by atoms with E-state index >= 15 is 0 Å². The first-order chi connectivity index (χ1) is 17.8. The fraction of sp³-hybridized carbons (Fsp3) is 0.0286. The van der Waals surface area contributed by atoms with Crippen molar-refractivity contribution in [1.82, 2.24) is 0 Å². The van der Waals surface area contributed by atoms with Crippen LogP contribution in [0.5, 0.6) is 0 Å². The highest BCUT2D eigenvalue weighted by molar-refractivity contribution is 6.40. The van der Waals surface area contributed by atoms with Crippen LogP contribution in [0.3, 0.4) is 0 Å². The minimum absolute atomic E-state index is 0.322. The maximum absolute atomic E-state index is 2.47. The third-order valence-electron chi connectivity index (χ3n) is 8.41. The average molecular weight is 454 g/mol. The third-order valence-corrected chi connectivity index (χ3v) is 8.41. The van der Waals surface area contributed by atoms with Gasteiger partial charge in [0.15, 0.2) is 0 Å². The van der Waals surface area contributed by atoms with E-state index in [4.69, 9.17) is 0 Å². The van der Waals surface area contributed by atoms with Crippen LogP contribution in [0.15, 0.2) is 127 Å². The molecule has 0 nitrogen and oxygen atoms in total. The lowest BCUT2D eigenvalue weighted by Gasteiger charge is -2.31. The van der Waals surface area contributed by atoms with Gasteiger partial charge in [0.2, 0.25) is 0 Å². The van der Waals surface area contributed by atoms with Gasteiger partial charge in [-0.25, -0.2) is 0 Å². The molecule has 0 saturated carbocycles. The number of hydrogen-bond donors (Lipinski definition) is 0. The zero-order chi connectivity index (χ0) is 23.9. The molecule has 0 bridgehead atoms. The molecular weight excluding hydrogens is 431 g/mol. The summed E-state index contributed by atoms with van der Waals surface area (Å²) in [6.45, 7) is 0. The summed E-state index contributed by atoms with van der Waals surface area (Å²) in [5.41, 5.74) is 14.6. The molecule has 0 N–H and O–H groups in total. The van der Waals surface area contributed by atoms with Crippen LogP contribution in [0.1, 0.15) is 22.3 Å². The Morgan fingerprint density at radius 2 is 1.03 bits per heavy atom. The molecule has 8 rings (SSSR count). The Morgan fingerprint density at radius 1 is 0.417 bits per heavy atom. The molecule has 1 atom stereocenters. The Kier molecular flexibility index (Phi) is 3.92. The lowest BCUT2D eigenvalue weighted by Crippen LogP contribution is -2.27. The van der Waals surface area contributed by atoms with E-state index in [1.807, 2.05) is 0 Å². The van der Waals surface area contributed by atoms with E-state index in [2.05, 4.69) is 135 Å². The molecule has 0 saturated heterocycles. The van der Waals surface area contributed by atoms with Gasteiger partial charge in [-0.1, -0.05) is 127 Å². The Labute approximate surface area is 212 Å². The highest BCUT2D eigenvalue weighted by atomic mass is 14.5. The van der Waals surface area contributed by atoms with E-state index in [0.717, 1.165) is 0 Å². The van der Waals surface area contributed by atoms with Crippen molar-refractivity contribution in [3.8, 4) is 33.4 Å². The summed E-state index contributed by atoms with van der Waals surface area (Å²) < 4.78 is 0. The largest absolute Gasteiger partial charge is 0.140 e. The van der Waals surface area contributed by atoms with E-state index in [1.165, 1.54) is 71.9 Å². The zero-order valence-electron chi connectivity index (χ0n) is 20.1. The Bertz CT molecular complexity index is 1850. The molecule has 166 valence electrons. The molecule has 0 heterocycles. The molecule has 2 aliphatic rings. The van der Waals surface area contributed by atoms with E-state index < -0.39 is 0 Å². The van der Waals surface area contributed by atoms with Gasteiger partial charge in [0.25, 0.3) is 0 Å². The quantitative estimate of drug-likeness (QED) is 0.232. The van der Waals surface area contributed by atoms with Crippen LogP contribution < -0.4 is 5.46 Å². The number of benzene rings is 6. The number of fused-ring (bicyclic) bond motifs is 12. The van der Waals surface area contributed by atoms with E-state index in [9.17, 15) is 0 Å². The molecule has 1 unspecified atom stereocenters. The van der Waals surface area contributed by atoms with Gasteiger partial charge >= 0.3 is 0 Å². The summed E-state index contributed by atoms with van der Waals surface area (Å²) in [6.07, 6.45) is 0. The van der Waals surface area contributed by atoms with Crippen LogP contribution in [-0.2, 0) is 5.41 Å². The van der Waals surface area contributed by atoms with Crippen molar-refractivity contribution < 1.29 is 0 Å². The Balaban J connectivity index is 1.57. The van der Waals surface area contributed by atoms with Crippen LogP contribution in [0, 0.1) is 0 Å². The van der Waals surface area contributed by atoms with Gasteiger partial charge in [-0.3, -0.25) is 0 Å². The molecule has 0 radical (unpaired) electrons.